The van der Waals surface area contributed by atoms with Crippen LogP contribution in [-0.4, -0.2) is 54.3 Å². The fourth-order valence-electron chi connectivity index (χ4n) is 4.95. The van der Waals surface area contributed by atoms with Crippen LogP contribution in [0.1, 0.15) is 42.4 Å². The molecule has 0 bridgehead atoms. The van der Waals surface area contributed by atoms with E-state index >= 15 is 0 Å². The molecule has 2 aromatic carbocycles. The summed E-state index contributed by atoms with van der Waals surface area (Å²) in [7, 11) is 0. The van der Waals surface area contributed by atoms with Gasteiger partial charge in [0, 0.05) is 57.3 Å². The van der Waals surface area contributed by atoms with E-state index in [4.69, 9.17) is 0 Å². The Morgan fingerprint density at radius 2 is 1.66 bits per heavy atom. The summed E-state index contributed by atoms with van der Waals surface area (Å²) in [5, 5.41) is 0. The van der Waals surface area contributed by atoms with Gasteiger partial charge in [0.1, 0.15) is 0 Å². The zero-order valence-corrected chi connectivity index (χ0v) is 19.4. The zero-order valence-electron chi connectivity index (χ0n) is 19.4. The summed E-state index contributed by atoms with van der Waals surface area (Å²) in [6.45, 7) is 8.86. The molecule has 2 amide bonds. The Hall–Kier alpha value is -2.82. The first-order valence-corrected chi connectivity index (χ1v) is 11.9. The van der Waals surface area contributed by atoms with Gasteiger partial charge < -0.3 is 14.7 Å². The lowest BCUT2D eigenvalue weighted by molar-refractivity contribution is -0.141. The summed E-state index contributed by atoms with van der Waals surface area (Å²) in [5.74, 6) is 0.0880. The van der Waals surface area contributed by atoms with Gasteiger partial charge >= 0.3 is 0 Å². The molecule has 0 aliphatic carbocycles. The average molecular weight is 434 g/mol. The molecule has 0 aromatic heterocycles. The molecule has 5 heteroatoms. The summed E-state index contributed by atoms with van der Waals surface area (Å²) in [6.07, 6.45) is 3.18. The van der Waals surface area contributed by atoms with E-state index < -0.39 is 0 Å². The molecule has 0 saturated carbocycles. The van der Waals surface area contributed by atoms with Crippen LogP contribution < -0.4 is 4.90 Å². The number of rotatable bonds is 5. The standard InChI is InChI=1S/C27H35N3O2/c1-21-9-8-13-25(22(21)2)28-15-17-29(18-16-28)26(31)19-24-12-6-7-14-30(27(24)32)20-23-10-4-3-5-11-23/h3-5,8-11,13,24H,6-7,12,14-20H2,1-2H3. The Morgan fingerprint density at radius 3 is 2.41 bits per heavy atom. The largest absolute Gasteiger partial charge is 0.368 e. The maximum Gasteiger partial charge on any atom is 0.226 e. The van der Waals surface area contributed by atoms with Crippen molar-refractivity contribution in [2.75, 3.05) is 37.6 Å². The molecule has 2 aliphatic rings. The van der Waals surface area contributed by atoms with E-state index in [2.05, 4.69) is 49.1 Å². The summed E-state index contributed by atoms with van der Waals surface area (Å²) in [5.41, 5.74) is 5.03. The molecule has 170 valence electrons. The van der Waals surface area contributed by atoms with Crippen molar-refractivity contribution in [1.82, 2.24) is 9.80 Å². The number of nitrogens with zero attached hydrogens (tertiary/aromatic N) is 3. The highest BCUT2D eigenvalue weighted by molar-refractivity contribution is 5.86. The van der Waals surface area contributed by atoms with Gasteiger partial charge in [0.25, 0.3) is 0 Å². The average Bonchev–Trinajstić information content (AvgIpc) is 2.98. The first kappa shape index (κ1) is 22.4. The van der Waals surface area contributed by atoms with Crippen molar-refractivity contribution in [3.8, 4) is 0 Å². The van der Waals surface area contributed by atoms with Crippen molar-refractivity contribution >= 4 is 17.5 Å². The molecule has 0 radical (unpaired) electrons. The quantitative estimate of drug-likeness (QED) is 0.711. The number of carbonyl (C=O) groups excluding carboxylic acids is 2. The van der Waals surface area contributed by atoms with Gasteiger partial charge in [0.2, 0.25) is 11.8 Å². The Labute approximate surface area is 192 Å². The topological polar surface area (TPSA) is 43.9 Å². The van der Waals surface area contributed by atoms with E-state index in [1.165, 1.54) is 16.8 Å². The van der Waals surface area contributed by atoms with Gasteiger partial charge in [-0.25, -0.2) is 0 Å². The van der Waals surface area contributed by atoms with Gasteiger partial charge in [0.15, 0.2) is 0 Å². The molecule has 0 spiro atoms. The minimum absolute atomic E-state index is 0.130. The molecule has 2 saturated heterocycles. The lowest BCUT2D eigenvalue weighted by Crippen LogP contribution is -2.49. The highest BCUT2D eigenvalue weighted by Gasteiger charge is 2.31. The summed E-state index contributed by atoms with van der Waals surface area (Å²) in [4.78, 5) is 32.6. The fourth-order valence-corrected chi connectivity index (χ4v) is 4.95. The van der Waals surface area contributed by atoms with Crippen molar-refractivity contribution < 1.29 is 9.59 Å². The Bertz CT molecular complexity index is 935. The minimum atomic E-state index is -0.189. The van der Waals surface area contributed by atoms with Gasteiger partial charge in [-0.1, -0.05) is 48.9 Å². The van der Waals surface area contributed by atoms with Crippen molar-refractivity contribution in [2.45, 2.75) is 46.1 Å². The zero-order chi connectivity index (χ0) is 22.5. The first-order chi connectivity index (χ1) is 15.5. The van der Waals surface area contributed by atoms with Gasteiger partial charge in [-0.15, -0.1) is 0 Å². The lowest BCUT2D eigenvalue weighted by atomic mass is 9.97. The van der Waals surface area contributed by atoms with Crippen LogP contribution >= 0.6 is 0 Å². The van der Waals surface area contributed by atoms with Gasteiger partial charge in [-0.3, -0.25) is 9.59 Å². The molecule has 5 nitrogen and oxygen atoms in total. The number of aryl methyl sites for hydroxylation is 1. The van der Waals surface area contributed by atoms with Gasteiger partial charge in [0.05, 0.1) is 0 Å². The highest BCUT2D eigenvalue weighted by Crippen LogP contribution is 2.26. The van der Waals surface area contributed by atoms with Crippen LogP contribution in [0.5, 0.6) is 0 Å². The summed E-state index contributed by atoms with van der Waals surface area (Å²) >= 11 is 0. The maximum absolute atomic E-state index is 13.2. The molecule has 2 fully saturated rings. The van der Waals surface area contributed by atoms with Gasteiger partial charge in [-0.05, 0) is 49.4 Å². The van der Waals surface area contributed by atoms with E-state index in [1.54, 1.807) is 0 Å². The third-order valence-electron chi connectivity index (χ3n) is 7.08. The number of amides is 2. The van der Waals surface area contributed by atoms with Crippen molar-refractivity contribution in [2.24, 2.45) is 5.92 Å². The number of hydrogen-bond acceptors (Lipinski definition) is 3. The van der Waals surface area contributed by atoms with Crippen LogP contribution in [0.2, 0.25) is 0 Å². The van der Waals surface area contributed by atoms with Crippen LogP contribution in [0.25, 0.3) is 0 Å². The Kier molecular flexibility index (Phi) is 7.13. The normalized spacial score (nSPS) is 19.8. The van der Waals surface area contributed by atoms with E-state index in [0.717, 1.165) is 57.5 Å². The molecule has 2 aliphatic heterocycles. The monoisotopic (exact) mass is 433 g/mol. The van der Waals surface area contributed by atoms with Gasteiger partial charge in [-0.2, -0.15) is 0 Å². The summed E-state index contributed by atoms with van der Waals surface area (Å²) < 4.78 is 0. The predicted molar refractivity (Wildman–Crippen MR) is 129 cm³/mol. The lowest BCUT2D eigenvalue weighted by Gasteiger charge is -2.37. The number of hydrogen-bond donors (Lipinski definition) is 0. The molecule has 2 aromatic rings. The van der Waals surface area contributed by atoms with Crippen molar-refractivity contribution in [3.63, 3.8) is 0 Å². The summed E-state index contributed by atoms with van der Waals surface area (Å²) in [6, 6.07) is 16.6. The van der Waals surface area contributed by atoms with E-state index in [1.807, 2.05) is 28.0 Å². The first-order valence-electron chi connectivity index (χ1n) is 11.9. The number of piperazine rings is 1. The molecule has 0 N–H and O–H groups in total. The van der Waals surface area contributed by atoms with Crippen LogP contribution in [0.15, 0.2) is 48.5 Å². The van der Waals surface area contributed by atoms with Crippen LogP contribution in [-0.2, 0) is 16.1 Å². The maximum atomic E-state index is 13.2. The number of anilines is 1. The molecular formula is C27H35N3O2. The smallest absolute Gasteiger partial charge is 0.226 e. The van der Waals surface area contributed by atoms with E-state index in [-0.39, 0.29) is 17.7 Å². The Morgan fingerprint density at radius 1 is 0.906 bits per heavy atom. The number of carbonyl (C=O) groups is 2. The third-order valence-corrected chi connectivity index (χ3v) is 7.08. The second kappa shape index (κ2) is 10.2. The second-order valence-electron chi connectivity index (χ2n) is 9.23. The molecule has 1 unspecified atom stereocenters. The molecule has 2 heterocycles. The molecule has 32 heavy (non-hydrogen) atoms. The highest BCUT2D eigenvalue weighted by atomic mass is 16.2. The minimum Gasteiger partial charge on any atom is -0.368 e. The fraction of sp³-hybridized carbons (Fsp3) is 0.481. The van der Waals surface area contributed by atoms with Crippen molar-refractivity contribution in [1.29, 1.82) is 0 Å². The number of likely N-dealkylation sites (tertiary alicyclic amines) is 1. The second-order valence-corrected chi connectivity index (χ2v) is 9.23. The molecule has 1 atom stereocenters. The van der Waals surface area contributed by atoms with E-state index in [9.17, 15) is 9.59 Å². The van der Waals surface area contributed by atoms with Crippen LogP contribution in [0, 0.1) is 19.8 Å². The predicted octanol–water partition coefficient (Wildman–Crippen LogP) is 4.17. The Balaban J connectivity index is 1.34. The van der Waals surface area contributed by atoms with E-state index in [0.29, 0.717) is 13.0 Å². The van der Waals surface area contributed by atoms with Crippen LogP contribution in [0.3, 0.4) is 0 Å². The number of benzene rings is 2. The van der Waals surface area contributed by atoms with Crippen LogP contribution in [0.4, 0.5) is 5.69 Å². The molecule has 4 rings (SSSR count). The third kappa shape index (κ3) is 5.14. The SMILES string of the molecule is Cc1cccc(N2CCN(C(=O)CC3CCCCN(Cc4ccccc4)C3=O)CC2)c1C. The molecular weight excluding hydrogens is 398 g/mol. The van der Waals surface area contributed by atoms with Crippen molar-refractivity contribution in [3.05, 3.63) is 65.2 Å².